The van der Waals surface area contributed by atoms with Crippen LogP contribution in [0.4, 0.5) is 0 Å². The Labute approximate surface area is 371 Å². The van der Waals surface area contributed by atoms with Gasteiger partial charge in [0.05, 0.1) is 0 Å². The second-order valence-corrected chi connectivity index (χ2v) is 17.1. The lowest BCUT2D eigenvalue weighted by molar-refractivity contribution is -0.167. The van der Waals surface area contributed by atoms with Gasteiger partial charge in [0, 0.05) is 19.3 Å². The molecule has 0 aliphatic heterocycles. The van der Waals surface area contributed by atoms with Crippen molar-refractivity contribution in [3.63, 3.8) is 0 Å². The molecule has 0 aliphatic rings. The number of hydrogen-bond acceptors (Lipinski definition) is 6. The third kappa shape index (κ3) is 46.4. The Balaban J connectivity index is 4.42. The zero-order chi connectivity index (χ0) is 43.7. The smallest absolute Gasteiger partial charge is 0.306 e. The molecule has 0 N–H and O–H groups in total. The summed E-state index contributed by atoms with van der Waals surface area (Å²) >= 11 is 0. The van der Waals surface area contributed by atoms with Gasteiger partial charge in [0.2, 0.25) is 0 Å². The van der Waals surface area contributed by atoms with E-state index in [-0.39, 0.29) is 31.1 Å². The van der Waals surface area contributed by atoms with Gasteiger partial charge in [-0.15, -0.1) is 0 Å². The molecule has 0 aromatic carbocycles. The van der Waals surface area contributed by atoms with Gasteiger partial charge in [-0.3, -0.25) is 14.4 Å². The molecule has 1 atom stereocenters. The highest BCUT2D eigenvalue weighted by Crippen LogP contribution is 2.14. The molecule has 348 valence electrons. The van der Waals surface area contributed by atoms with Crippen LogP contribution in [0.5, 0.6) is 0 Å². The number of esters is 3. The molecular formula is C54H96O6. The van der Waals surface area contributed by atoms with Gasteiger partial charge in [-0.1, -0.05) is 204 Å². The maximum atomic E-state index is 12.8. The fourth-order valence-corrected chi connectivity index (χ4v) is 7.15. The van der Waals surface area contributed by atoms with E-state index in [1.807, 2.05) is 0 Å². The first-order valence-corrected chi connectivity index (χ1v) is 25.6. The Morgan fingerprint density at radius 1 is 0.333 bits per heavy atom. The molecule has 6 heteroatoms. The summed E-state index contributed by atoms with van der Waals surface area (Å²) in [5.41, 5.74) is 0. The predicted octanol–water partition coefficient (Wildman–Crippen LogP) is 16.7. The number of carbonyl (C=O) groups is 3. The quantitative estimate of drug-likeness (QED) is 0.0263. The van der Waals surface area contributed by atoms with E-state index in [1.165, 1.54) is 128 Å². The zero-order valence-electron chi connectivity index (χ0n) is 39.7. The Morgan fingerprint density at radius 2 is 0.600 bits per heavy atom. The van der Waals surface area contributed by atoms with E-state index < -0.39 is 6.10 Å². The first-order chi connectivity index (χ1) is 29.5. The summed E-state index contributed by atoms with van der Waals surface area (Å²) in [5, 5.41) is 0. The van der Waals surface area contributed by atoms with Gasteiger partial charge in [0.15, 0.2) is 6.10 Å². The summed E-state index contributed by atoms with van der Waals surface area (Å²) in [4.78, 5) is 37.9. The molecule has 0 saturated heterocycles. The third-order valence-corrected chi connectivity index (χ3v) is 11.1. The summed E-state index contributed by atoms with van der Waals surface area (Å²) in [6.45, 7) is 6.57. The number of carbonyl (C=O) groups excluding carboxylic acids is 3. The summed E-state index contributed by atoms with van der Waals surface area (Å²) in [7, 11) is 0. The van der Waals surface area contributed by atoms with Gasteiger partial charge in [0.1, 0.15) is 13.2 Å². The minimum atomic E-state index is -0.784. The van der Waals surface area contributed by atoms with Crippen molar-refractivity contribution in [3.05, 3.63) is 48.6 Å². The van der Waals surface area contributed by atoms with E-state index in [1.54, 1.807) is 0 Å². The summed E-state index contributed by atoms with van der Waals surface area (Å²) in [6, 6.07) is 0. The Kier molecular flexibility index (Phi) is 46.9. The highest BCUT2D eigenvalue weighted by molar-refractivity contribution is 5.71. The molecule has 0 rings (SSSR count). The second-order valence-electron chi connectivity index (χ2n) is 17.1. The first-order valence-electron chi connectivity index (χ1n) is 25.6. The van der Waals surface area contributed by atoms with Crippen LogP contribution in [0.2, 0.25) is 0 Å². The normalized spacial score (nSPS) is 12.4. The van der Waals surface area contributed by atoms with Crippen LogP contribution in [-0.2, 0) is 28.6 Å². The van der Waals surface area contributed by atoms with E-state index in [0.29, 0.717) is 19.3 Å². The van der Waals surface area contributed by atoms with Crippen molar-refractivity contribution >= 4 is 17.9 Å². The minimum absolute atomic E-state index is 0.0828. The van der Waals surface area contributed by atoms with Crippen LogP contribution in [0, 0.1) is 0 Å². The lowest BCUT2D eigenvalue weighted by Gasteiger charge is -2.18. The van der Waals surface area contributed by atoms with E-state index in [9.17, 15) is 14.4 Å². The lowest BCUT2D eigenvalue weighted by atomic mass is 10.0. The molecule has 0 unspecified atom stereocenters. The highest BCUT2D eigenvalue weighted by Gasteiger charge is 2.19. The van der Waals surface area contributed by atoms with Crippen molar-refractivity contribution in [2.45, 2.75) is 264 Å². The van der Waals surface area contributed by atoms with Gasteiger partial charge >= 0.3 is 17.9 Å². The molecule has 0 fully saturated rings. The van der Waals surface area contributed by atoms with Crippen LogP contribution >= 0.6 is 0 Å². The number of allylic oxidation sites excluding steroid dienone is 8. The molecule has 0 aromatic rings. The van der Waals surface area contributed by atoms with E-state index >= 15 is 0 Å². The largest absolute Gasteiger partial charge is 0.462 e. The number of unbranched alkanes of at least 4 members (excludes halogenated alkanes) is 27. The molecule has 0 amide bonds. The molecule has 0 heterocycles. The summed E-state index contributed by atoms with van der Waals surface area (Å²) < 4.78 is 16.8. The average Bonchev–Trinajstić information content (AvgIpc) is 3.24. The highest BCUT2D eigenvalue weighted by atomic mass is 16.6. The summed E-state index contributed by atoms with van der Waals surface area (Å²) in [6.07, 6.45) is 58.0. The summed E-state index contributed by atoms with van der Waals surface area (Å²) in [5.74, 6) is -0.908. The molecule has 0 aromatic heterocycles. The molecule has 0 bridgehead atoms. The van der Waals surface area contributed by atoms with Crippen LogP contribution in [0.3, 0.4) is 0 Å². The monoisotopic (exact) mass is 841 g/mol. The maximum absolute atomic E-state index is 12.8. The number of rotatable bonds is 46. The fourth-order valence-electron chi connectivity index (χ4n) is 7.15. The van der Waals surface area contributed by atoms with Gasteiger partial charge < -0.3 is 14.2 Å². The van der Waals surface area contributed by atoms with Gasteiger partial charge in [0.25, 0.3) is 0 Å². The zero-order valence-corrected chi connectivity index (χ0v) is 39.7. The second kappa shape index (κ2) is 49.0. The number of ether oxygens (including phenoxy) is 3. The van der Waals surface area contributed by atoms with Crippen molar-refractivity contribution in [2.75, 3.05) is 13.2 Å². The molecule has 6 nitrogen and oxygen atoms in total. The Morgan fingerprint density at radius 3 is 1.00 bits per heavy atom. The van der Waals surface area contributed by atoms with Crippen molar-refractivity contribution in [3.8, 4) is 0 Å². The predicted molar refractivity (Wildman–Crippen MR) is 256 cm³/mol. The molecular weight excluding hydrogens is 745 g/mol. The van der Waals surface area contributed by atoms with Crippen molar-refractivity contribution < 1.29 is 28.6 Å². The topological polar surface area (TPSA) is 78.9 Å². The molecule has 0 spiro atoms. The van der Waals surface area contributed by atoms with Gasteiger partial charge in [-0.05, 0) is 83.5 Å². The number of hydrogen-bond donors (Lipinski definition) is 0. The van der Waals surface area contributed by atoms with Crippen LogP contribution in [0.15, 0.2) is 48.6 Å². The first kappa shape index (κ1) is 57.4. The van der Waals surface area contributed by atoms with Crippen LogP contribution < -0.4 is 0 Å². The van der Waals surface area contributed by atoms with Crippen LogP contribution in [0.1, 0.15) is 258 Å². The van der Waals surface area contributed by atoms with Crippen molar-refractivity contribution in [2.24, 2.45) is 0 Å². The Hall–Kier alpha value is -2.63. The molecule has 0 saturated carbocycles. The van der Waals surface area contributed by atoms with E-state index in [0.717, 1.165) is 89.9 Å². The standard InChI is InChI=1S/C54H96O6/c1-4-7-10-13-16-19-22-25-26-27-28-30-33-36-39-42-45-48-54(57)60-51(49-58-52(55)46-43-40-37-34-31-24-21-18-15-12-9-6-3)50-59-53(56)47-44-41-38-35-32-29-23-20-17-14-11-8-5-2/h16,19-20,23,25-26,28,30,51H,4-15,17-18,21-22,24,27,29,31-50H2,1-3H3/b19-16-,23-20-,26-25-,30-28-/t51-/m0/s1. The third-order valence-electron chi connectivity index (χ3n) is 11.1. The Bertz CT molecular complexity index is 1060. The fraction of sp³-hybridized carbons (Fsp3) is 0.796. The molecule has 0 radical (unpaired) electrons. The van der Waals surface area contributed by atoms with E-state index in [4.69, 9.17) is 14.2 Å². The maximum Gasteiger partial charge on any atom is 0.306 e. The average molecular weight is 841 g/mol. The minimum Gasteiger partial charge on any atom is -0.462 e. The van der Waals surface area contributed by atoms with Gasteiger partial charge in [-0.25, -0.2) is 0 Å². The van der Waals surface area contributed by atoms with Crippen molar-refractivity contribution in [1.82, 2.24) is 0 Å². The van der Waals surface area contributed by atoms with Crippen LogP contribution in [0.25, 0.3) is 0 Å². The van der Waals surface area contributed by atoms with E-state index in [2.05, 4.69) is 69.4 Å². The van der Waals surface area contributed by atoms with Gasteiger partial charge in [-0.2, -0.15) is 0 Å². The lowest BCUT2D eigenvalue weighted by Crippen LogP contribution is -2.30. The SMILES string of the molecule is CCCCC/C=C\C/C=C\C/C=C\CCCCCCC(=O)O[C@H](COC(=O)CCCCCCC/C=C\CCCCCC)COC(=O)CCCCCCCCCCCCCC. The van der Waals surface area contributed by atoms with Crippen LogP contribution in [-0.4, -0.2) is 37.2 Å². The van der Waals surface area contributed by atoms with Crippen molar-refractivity contribution in [1.29, 1.82) is 0 Å². The molecule has 0 aliphatic carbocycles. The molecule has 60 heavy (non-hydrogen) atoms.